The molecule has 0 radical (unpaired) electrons. The second kappa shape index (κ2) is 4.95. The first-order valence-corrected chi connectivity index (χ1v) is 4.85. The van der Waals surface area contributed by atoms with E-state index < -0.39 is 0 Å². The smallest absolute Gasteiger partial charge is 0.0755 e. The number of hydrogen-bond acceptors (Lipinski definition) is 3. The van der Waals surface area contributed by atoms with Gasteiger partial charge in [-0.15, -0.1) is 0 Å². The second-order valence-electron chi connectivity index (χ2n) is 3.26. The van der Waals surface area contributed by atoms with Crippen molar-refractivity contribution in [3.05, 3.63) is 52.9 Å². The number of pyridine rings is 1. The molecule has 2 aromatic rings. The third-order valence-electron chi connectivity index (χ3n) is 2.16. The first kappa shape index (κ1) is 10.2. The van der Waals surface area contributed by atoms with E-state index in [0.29, 0.717) is 5.69 Å². The fraction of sp³-hybridized carbons (Fsp3) is 0.200. The fourth-order valence-electron chi connectivity index (χ4n) is 1.37. The molecule has 0 saturated carbocycles. The van der Waals surface area contributed by atoms with Gasteiger partial charge in [-0.1, -0.05) is 5.11 Å². The van der Waals surface area contributed by atoms with Crippen molar-refractivity contribution in [2.24, 2.45) is 5.11 Å². The number of azide groups is 1. The molecule has 0 spiro atoms. The van der Waals surface area contributed by atoms with Gasteiger partial charge in [-0.25, -0.2) is 0 Å². The Balaban J connectivity index is 1.97. The zero-order valence-corrected chi connectivity index (χ0v) is 8.56. The van der Waals surface area contributed by atoms with Gasteiger partial charge in [0.1, 0.15) is 0 Å². The van der Waals surface area contributed by atoms with Crippen LogP contribution < -0.4 is 0 Å². The molecule has 0 unspecified atom stereocenters. The minimum Gasteiger partial charge on any atom is -0.272 e. The van der Waals surface area contributed by atoms with Gasteiger partial charge in [0.05, 0.1) is 11.9 Å². The molecule has 0 fully saturated rings. The minimum absolute atomic E-state index is 0.539. The van der Waals surface area contributed by atoms with Crippen molar-refractivity contribution in [2.45, 2.75) is 13.0 Å². The van der Waals surface area contributed by atoms with Crippen LogP contribution in [0.1, 0.15) is 5.56 Å². The maximum absolute atomic E-state index is 8.25. The average Bonchev–Trinajstić information content (AvgIpc) is 2.76. The number of aromatic nitrogens is 3. The highest BCUT2D eigenvalue weighted by atomic mass is 15.3. The molecule has 0 N–H and O–H groups in total. The predicted octanol–water partition coefficient (Wildman–Crippen LogP) is 2.46. The lowest BCUT2D eigenvalue weighted by atomic mass is 10.2. The number of hydrogen-bond donors (Lipinski definition) is 0. The summed E-state index contributed by atoms with van der Waals surface area (Å²) in [5.74, 6) is 0. The van der Waals surface area contributed by atoms with Crippen LogP contribution in [0.5, 0.6) is 0 Å². The van der Waals surface area contributed by atoms with E-state index in [1.807, 2.05) is 12.1 Å². The van der Waals surface area contributed by atoms with E-state index in [9.17, 15) is 0 Å². The third-order valence-corrected chi connectivity index (χ3v) is 2.16. The Morgan fingerprint density at radius 1 is 1.38 bits per heavy atom. The molecule has 6 nitrogen and oxygen atoms in total. The van der Waals surface area contributed by atoms with Gasteiger partial charge < -0.3 is 0 Å². The van der Waals surface area contributed by atoms with Crippen molar-refractivity contribution in [3.63, 3.8) is 0 Å². The van der Waals surface area contributed by atoms with Crippen molar-refractivity contribution in [2.75, 3.05) is 0 Å². The van der Waals surface area contributed by atoms with Gasteiger partial charge >= 0.3 is 0 Å². The Kier molecular flexibility index (Phi) is 3.15. The highest BCUT2D eigenvalue weighted by Crippen LogP contribution is 2.10. The molecule has 6 heteroatoms. The number of nitrogens with zero attached hydrogens (tertiary/aromatic N) is 6. The molecule has 2 rings (SSSR count). The summed E-state index contributed by atoms with van der Waals surface area (Å²) < 4.78 is 1.75. The summed E-state index contributed by atoms with van der Waals surface area (Å²) in [5, 5.41) is 7.56. The normalized spacial score (nSPS) is 9.75. The Morgan fingerprint density at radius 2 is 2.19 bits per heavy atom. The molecule has 0 aliphatic carbocycles. The van der Waals surface area contributed by atoms with E-state index >= 15 is 0 Å². The summed E-state index contributed by atoms with van der Waals surface area (Å²) in [6.45, 7) is 0.755. The van der Waals surface area contributed by atoms with E-state index in [1.54, 1.807) is 29.5 Å². The summed E-state index contributed by atoms with van der Waals surface area (Å²) >= 11 is 0. The van der Waals surface area contributed by atoms with Gasteiger partial charge in [0.25, 0.3) is 0 Å². The molecule has 0 saturated heterocycles. The lowest BCUT2D eigenvalue weighted by molar-refractivity contribution is 0.614. The monoisotopic (exact) mass is 214 g/mol. The largest absolute Gasteiger partial charge is 0.272 e. The lowest BCUT2D eigenvalue weighted by Crippen LogP contribution is -2.01. The van der Waals surface area contributed by atoms with Crippen molar-refractivity contribution in [1.82, 2.24) is 14.8 Å². The summed E-state index contributed by atoms with van der Waals surface area (Å²) in [7, 11) is 0. The van der Waals surface area contributed by atoms with Crippen LogP contribution in [0.25, 0.3) is 10.4 Å². The highest BCUT2D eigenvalue weighted by molar-refractivity contribution is 5.29. The Morgan fingerprint density at radius 3 is 2.94 bits per heavy atom. The fourth-order valence-corrected chi connectivity index (χ4v) is 1.37. The van der Waals surface area contributed by atoms with Crippen LogP contribution in [0.4, 0.5) is 5.69 Å². The lowest BCUT2D eigenvalue weighted by Gasteiger charge is -2.00. The van der Waals surface area contributed by atoms with Crippen LogP contribution in [0.15, 0.2) is 42.0 Å². The molecule has 80 valence electrons. The second-order valence-corrected chi connectivity index (χ2v) is 3.26. The van der Waals surface area contributed by atoms with Gasteiger partial charge in [0, 0.05) is 30.0 Å². The average molecular weight is 214 g/mol. The SMILES string of the molecule is [N-]=[N+]=Nc1cnn(CCc2ccncc2)c1. The first-order valence-electron chi connectivity index (χ1n) is 4.85. The molecule has 0 aromatic carbocycles. The van der Waals surface area contributed by atoms with Gasteiger partial charge in [0.15, 0.2) is 0 Å². The minimum atomic E-state index is 0.539. The molecular weight excluding hydrogens is 204 g/mol. The molecule has 0 bridgehead atoms. The van der Waals surface area contributed by atoms with Crippen molar-refractivity contribution < 1.29 is 0 Å². The van der Waals surface area contributed by atoms with E-state index in [4.69, 9.17) is 5.53 Å². The maximum atomic E-state index is 8.25. The van der Waals surface area contributed by atoms with Gasteiger partial charge in [-0.3, -0.25) is 9.67 Å². The quantitative estimate of drug-likeness (QED) is 0.445. The molecule has 0 amide bonds. The van der Waals surface area contributed by atoms with Crippen LogP contribution >= 0.6 is 0 Å². The van der Waals surface area contributed by atoms with Crippen LogP contribution in [0, 0.1) is 0 Å². The molecule has 2 aromatic heterocycles. The van der Waals surface area contributed by atoms with Crippen LogP contribution in [-0.2, 0) is 13.0 Å². The molecule has 0 atom stereocenters. The van der Waals surface area contributed by atoms with Crippen molar-refractivity contribution in [1.29, 1.82) is 0 Å². The van der Waals surface area contributed by atoms with Gasteiger partial charge in [-0.05, 0) is 29.6 Å². The van der Waals surface area contributed by atoms with Crippen LogP contribution in [0.2, 0.25) is 0 Å². The van der Waals surface area contributed by atoms with Crippen molar-refractivity contribution >= 4 is 5.69 Å². The molecule has 0 aliphatic heterocycles. The van der Waals surface area contributed by atoms with Gasteiger partial charge in [0.2, 0.25) is 0 Å². The van der Waals surface area contributed by atoms with E-state index in [0.717, 1.165) is 13.0 Å². The third kappa shape index (κ3) is 2.59. The molecule has 16 heavy (non-hydrogen) atoms. The van der Waals surface area contributed by atoms with Crippen LogP contribution in [-0.4, -0.2) is 14.8 Å². The zero-order valence-electron chi connectivity index (χ0n) is 8.56. The summed E-state index contributed by atoms with van der Waals surface area (Å²) in [6, 6.07) is 3.94. The highest BCUT2D eigenvalue weighted by Gasteiger charge is 1.97. The van der Waals surface area contributed by atoms with E-state index in [2.05, 4.69) is 20.1 Å². The summed E-state index contributed by atoms with van der Waals surface area (Å²) in [6.07, 6.45) is 7.68. The Hall–Kier alpha value is -2.33. The Bertz CT molecular complexity index is 497. The molecular formula is C10H10N6. The maximum Gasteiger partial charge on any atom is 0.0755 e. The predicted molar refractivity (Wildman–Crippen MR) is 59.0 cm³/mol. The first-order chi connectivity index (χ1) is 7.88. The summed E-state index contributed by atoms with van der Waals surface area (Å²) in [4.78, 5) is 6.65. The molecule has 0 aliphatic rings. The van der Waals surface area contributed by atoms with Gasteiger partial charge in [-0.2, -0.15) is 5.10 Å². The summed E-state index contributed by atoms with van der Waals surface area (Å²) in [5.41, 5.74) is 9.99. The number of aryl methyl sites for hydroxylation is 2. The topological polar surface area (TPSA) is 79.5 Å². The Labute approximate surface area is 92.2 Å². The van der Waals surface area contributed by atoms with E-state index in [1.165, 1.54) is 5.56 Å². The zero-order chi connectivity index (χ0) is 11.2. The number of rotatable bonds is 4. The van der Waals surface area contributed by atoms with Crippen molar-refractivity contribution in [3.8, 4) is 0 Å². The molecule has 2 heterocycles. The van der Waals surface area contributed by atoms with Crippen LogP contribution in [0.3, 0.4) is 0 Å². The van der Waals surface area contributed by atoms with E-state index in [-0.39, 0.29) is 0 Å². The standard InChI is InChI=1S/C10H10N6/c11-15-14-10-7-13-16(8-10)6-3-9-1-4-12-5-2-9/h1-2,4-5,7-8H,3,6H2.